The molecular formula is C17H10BrCl2NO2. The van der Waals surface area contributed by atoms with Gasteiger partial charge in [-0.25, -0.2) is 4.90 Å². The Balaban J connectivity index is 1.64. The second kappa shape index (κ2) is 5.33. The minimum atomic E-state index is -0.276. The Morgan fingerprint density at radius 1 is 0.826 bits per heavy atom. The number of carbonyl (C=O) groups is 2. The maximum Gasteiger partial charge on any atom is 0.238 e. The molecule has 23 heavy (non-hydrogen) atoms. The molecule has 4 rings (SSSR count). The SMILES string of the molecule is O=C1[C@@H]2[C@H](C(=O)N1c1cc(Cl)cc(Cl)c1)[C@H]2c1ccc(Br)cc1. The summed E-state index contributed by atoms with van der Waals surface area (Å²) in [7, 11) is 0. The van der Waals surface area contributed by atoms with Crippen molar-refractivity contribution >= 4 is 56.6 Å². The summed E-state index contributed by atoms with van der Waals surface area (Å²) in [5.74, 6) is -0.922. The molecule has 0 unspecified atom stereocenters. The van der Waals surface area contributed by atoms with E-state index in [4.69, 9.17) is 23.2 Å². The molecule has 116 valence electrons. The molecule has 3 nitrogen and oxygen atoms in total. The van der Waals surface area contributed by atoms with Crippen LogP contribution < -0.4 is 4.90 Å². The van der Waals surface area contributed by atoms with Gasteiger partial charge in [0.2, 0.25) is 11.8 Å². The number of rotatable bonds is 2. The van der Waals surface area contributed by atoms with Crippen molar-refractivity contribution in [3.63, 3.8) is 0 Å². The van der Waals surface area contributed by atoms with Crippen LogP contribution in [0.25, 0.3) is 0 Å². The largest absolute Gasteiger partial charge is 0.274 e. The summed E-state index contributed by atoms with van der Waals surface area (Å²) in [6.07, 6.45) is 0. The van der Waals surface area contributed by atoms with Crippen molar-refractivity contribution in [2.45, 2.75) is 5.92 Å². The monoisotopic (exact) mass is 409 g/mol. The third-order valence-electron chi connectivity index (χ3n) is 4.39. The van der Waals surface area contributed by atoms with Crippen LogP contribution in [0.3, 0.4) is 0 Å². The molecule has 0 bridgehead atoms. The summed E-state index contributed by atoms with van der Waals surface area (Å²) in [6, 6.07) is 12.5. The second-order valence-electron chi connectivity index (χ2n) is 5.77. The van der Waals surface area contributed by atoms with Gasteiger partial charge in [-0.05, 0) is 35.9 Å². The summed E-state index contributed by atoms with van der Waals surface area (Å²) >= 11 is 15.3. The van der Waals surface area contributed by atoms with Gasteiger partial charge in [-0.3, -0.25) is 9.59 Å². The van der Waals surface area contributed by atoms with Gasteiger partial charge >= 0.3 is 0 Å². The first-order valence-electron chi connectivity index (χ1n) is 7.07. The molecule has 1 saturated carbocycles. The van der Waals surface area contributed by atoms with Gasteiger partial charge in [-0.1, -0.05) is 51.3 Å². The minimum absolute atomic E-state index is 0.0194. The van der Waals surface area contributed by atoms with Crippen LogP contribution in [0.4, 0.5) is 5.69 Å². The molecule has 2 aromatic rings. The Hall–Kier alpha value is -1.36. The number of amides is 2. The highest BCUT2D eigenvalue weighted by atomic mass is 79.9. The van der Waals surface area contributed by atoms with Gasteiger partial charge in [0.05, 0.1) is 17.5 Å². The molecule has 2 amide bonds. The molecule has 6 heteroatoms. The number of hydrogen-bond donors (Lipinski definition) is 0. The fourth-order valence-corrected chi connectivity index (χ4v) is 4.13. The quantitative estimate of drug-likeness (QED) is 0.675. The first kappa shape index (κ1) is 15.2. The lowest BCUT2D eigenvalue weighted by Gasteiger charge is -2.19. The van der Waals surface area contributed by atoms with Crippen molar-refractivity contribution < 1.29 is 9.59 Å². The summed E-state index contributed by atoms with van der Waals surface area (Å²) in [5, 5.41) is 0.802. The molecule has 1 aliphatic carbocycles. The van der Waals surface area contributed by atoms with Crippen LogP contribution in [0.15, 0.2) is 46.9 Å². The summed E-state index contributed by atoms with van der Waals surface area (Å²) < 4.78 is 0.972. The number of halogens is 3. The normalized spacial score (nSPS) is 25.7. The Kier molecular flexibility index (Phi) is 3.52. The second-order valence-corrected chi connectivity index (χ2v) is 7.56. The minimum Gasteiger partial charge on any atom is -0.274 e. The fraction of sp³-hybridized carbons (Fsp3) is 0.176. The predicted octanol–water partition coefficient (Wildman–Crippen LogP) is 4.66. The fourth-order valence-electron chi connectivity index (χ4n) is 3.35. The average molecular weight is 411 g/mol. The number of anilines is 1. The van der Waals surface area contributed by atoms with Crippen LogP contribution in [0, 0.1) is 11.8 Å². The van der Waals surface area contributed by atoms with Crippen molar-refractivity contribution in [1.29, 1.82) is 0 Å². The predicted molar refractivity (Wildman–Crippen MR) is 92.8 cm³/mol. The standard InChI is InChI=1S/C17H10BrCl2NO2/c18-9-3-1-8(2-4-9)13-14-15(13)17(23)21(16(14)22)12-6-10(19)5-11(20)7-12/h1-7,13-15H/t13-,14-,15+. The lowest BCUT2D eigenvalue weighted by atomic mass is 10.1. The summed E-state index contributed by atoms with van der Waals surface area (Å²) in [4.78, 5) is 26.5. The lowest BCUT2D eigenvalue weighted by Crippen LogP contribution is -2.34. The van der Waals surface area contributed by atoms with Gasteiger partial charge in [0, 0.05) is 20.4 Å². The van der Waals surface area contributed by atoms with E-state index in [-0.39, 0.29) is 29.6 Å². The maximum absolute atomic E-state index is 12.6. The van der Waals surface area contributed by atoms with E-state index in [9.17, 15) is 9.59 Å². The molecule has 1 aliphatic heterocycles. The van der Waals surface area contributed by atoms with Crippen molar-refractivity contribution in [2.75, 3.05) is 4.90 Å². The van der Waals surface area contributed by atoms with E-state index in [1.54, 1.807) is 18.2 Å². The van der Waals surface area contributed by atoms with Crippen LogP contribution >= 0.6 is 39.1 Å². The molecule has 0 spiro atoms. The van der Waals surface area contributed by atoms with Crippen LogP contribution in [0.1, 0.15) is 11.5 Å². The van der Waals surface area contributed by atoms with E-state index in [1.165, 1.54) is 4.90 Å². The van der Waals surface area contributed by atoms with Gasteiger partial charge in [0.25, 0.3) is 0 Å². The van der Waals surface area contributed by atoms with Crippen LogP contribution in [-0.4, -0.2) is 11.8 Å². The Morgan fingerprint density at radius 2 is 1.35 bits per heavy atom. The van der Waals surface area contributed by atoms with Crippen molar-refractivity contribution in [2.24, 2.45) is 11.8 Å². The Morgan fingerprint density at radius 3 is 1.87 bits per heavy atom. The van der Waals surface area contributed by atoms with E-state index in [0.29, 0.717) is 15.7 Å². The highest BCUT2D eigenvalue weighted by Gasteiger charge is 2.67. The van der Waals surface area contributed by atoms with Gasteiger partial charge in [-0.15, -0.1) is 0 Å². The molecule has 1 saturated heterocycles. The zero-order chi connectivity index (χ0) is 16.3. The molecule has 2 fully saturated rings. The van der Waals surface area contributed by atoms with Crippen molar-refractivity contribution in [1.82, 2.24) is 0 Å². The van der Waals surface area contributed by atoms with E-state index >= 15 is 0 Å². The average Bonchev–Trinajstić information content (AvgIpc) is 3.16. The van der Waals surface area contributed by atoms with Gasteiger partial charge in [0.1, 0.15) is 0 Å². The Bertz CT molecular complexity index is 795. The van der Waals surface area contributed by atoms with Gasteiger partial charge in [-0.2, -0.15) is 0 Å². The summed E-state index contributed by atoms with van der Waals surface area (Å²) in [6.45, 7) is 0. The maximum atomic E-state index is 12.6. The first-order chi connectivity index (χ1) is 11.0. The van der Waals surface area contributed by atoms with Gasteiger partial charge < -0.3 is 0 Å². The molecule has 1 heterocycles. The number of benzene rings is 2. The molecule has 2 aromatic carbocycles. The smallest absolute Gasteiger partial charge is 0.238 e. The highest BCUT2D eigenvalue weighted by Crippen LogP contribution is 2.60. The van der Waals surface area contributed by atoms with Crippen molar-refractivity contribution in [3.8, 4) is 0 Å². The topological polar surface area (TPSA) is 37.4 Å². The van der Waals surface area contributed by atoms with E-state index in [1.807, 2.05) is 24.3 Å². The highest BCUT2D eigenvalue weighted by molar-refractivity contribution is 9.10. The lowest BCUT2D eigenvalue weighted by molar-refractivity contribution is -0.123. The zero-order valence-corrected chi connectivity index (χ0v) is 14.8. The van der Waals surface area contributed by atoms with Crippen LogP contribution in [0.2, 0.25) is 10.0 Å². The van der Waals surface area contributed by atoms with Crippen molar-refractivity contribution in [3.05, 3.63) is 62.5 Å². The molecule has 0 aromatic heterocycles. The van der Waals surface area contributed by atoms with E-state index in [2.05, 4.69) is 15.9 Å². The molecular weight excluding hydrogens is 401 g/mol. The number of piperidine rings is 1. The number of imide groups is 1. The number of fused-ring (bicyclic) bond motifs is 1. The molecule has 2 aliphatic rings. The zero-order valence-electron chi connectivity index (χ0n) is 11.7. The number of hydrogen-bond acceptors (Lipinski definition) is 2. The van der Waals surface area contributed by atoms with Crippen LogP contribution in [-0.2, 0) is 9.59 Å². The number of carbonyl (C=O) groups excluding carboxylic acids is 2. The van der Waals surface area contributed by atoms with Crippen LogP contribution in [0.5, 0.6) is 0 Å². The van der Waals surface area contributed by atoms with Gasteiger partial charge in [0.15, 0.2) is 0 Å². The molecule has 3 atom stereocenters. The number of nitrogens with zero attached hydrogens (tertiary/aromatic N) is 1. The first-order valence-corrected chi connectivity index (χ1v) is 8.61. The molecule has 0 N–H and O–H groups in total. The molecule has 0 radical (unpaired) electrons. The Labute approximate surface area is 151 Å². The van der Waals surface area contributed by atoms with E-state index < -0.39 is 0 Å². The van der Waals surface area contributed by atoms with E-state index in [0.717, 1.165) is 10.0 Å². The third kappa shape index (κ3) is 2.40. The third-order valence-corrected chi connectivity index (χ3v) is 5.36. The summed E-state index contributed by atoms with van der Waals surface area (Å²) in [5.41, 5.74) is 1.47.